The molecule has 2 amide bonds. The van der Waals surface area contributed by atoms with E-state index in [-0.39, 0.29) is 11.1 Å². The first-order valence-electron chi connectivity index (χ1n) is 8.94. The molecule has 2 aromatic rings. The fourth-order valence-corrected chi connectivity index (χ4v) is 3.77. The van der Waals surface area contributed by atoms with Crippen LogP contribution in [0.1, 0.15) is 42.9 Å². The molecule has 2 aromatic carbocycles. The molecule has 4 heteroatoms. The molecule has 1 aliphatic rings. The molecule has 0 radical (unpaired) electrons. The summed E-state index contributed by atoms with van der Waals surface area (Å²) in [6, 6.07) is 18.3. The maximum Gasteiger partial charge on any atom is 0.293 e. The monoisotopic (exact) mass is 365 g/mol. The van der Waals surface area contributed by atoms with Crippen LogP contribution in [-0.4, -0.2) is 22.6 Å². The van der Waals surface area contributed by atoms with E-state index in [1.54, 1.807) is 0 Å². The van der Waals surface area contributed by atoms with Crippen molar-refractivity contribution in [2.45, 2.75) is 32.6 Å². The molecule has 3 rings (SSSR count). The van der Waals surface area contributed by atoms with Gasteiger partial charge < -0.3 is 0 Å². The lowest BCUT2D eigenvalue weighted by Gasteiger charge is -2.12. The molecule has 0 spiro atoms. The Morgan fingerprint density at radius 2 is 1.69 bits per heavy atom. The van der Waals surface area contributed by atoms with Crippen LogP contribution < -0.4 is 0 Å². The molecule has 26 heavy (non-hydrogen) atoms. The summed E-state index contributed by atoms with van der Waals surface area (Å²) in [6.07, 6.45) is 3.45. The number of imide groups is 1. The molecule has 0 aromatic heterocycles. The molecule has 0 atom stereocenters. The van der Waals surface area contributed by atoms with E-state index in [0.717, 1.165) is 30.2 Å². The highest BCUT2D eigenvalue weighted by molar-refractivity contribution is 8.18. The van der Waals surface area contributed by atoms with Crippen LogP contribution in [0.5, 0.6) is 0 Å². The van der Waals surface area contributed by atoms with E-state index >= 15 is 0 Å². The van der Waals surface area contributed by atoms with Gasteiger partial charge in [-0.25, -0.2) is 0 Å². The molecule has 1 saturated heterocycles. The highest BCUT2D eigenvalue weighted by Crippen LogP contribution is 2.32. The quantitative estimate of drug-likeness (QED) is 0.636. The third kappa shape index (κ3) is 4.44. The fourth-order valence-electron chi connectivity index (χ4n) is 2.91. The normalized spacial score (nSPS) is 16.1. The Kier molecular flexibility index (Phi) is 5.94. The molecule has 3 nitrogen and oxygen atoms in total. The fraction of sp³-hybridized carbons (Fsp3) is 0.273. The first-order chi connectivity index (χ1) is 12.5. The summed E-state index contributed by atoms with van der Waals surface area (Å²) in [5.74, 6) is 0.293. The molecule has 134 valence electrons. The van der Waals surface area contributed by atoms with Gasteiger partial charge in [0, 0.05) is 6.54 Å². The molecule has 0 N–H and O–H groups in total. The topological polar surface area (TPSA) is 37.4 Å². The molecule has 1 heterocycles. The summed E-state index contributed by atoms with van der Waals surface area (Å²) in [5, 5.41) is -0.173. The second-order valence-corrected chi connectivity index (χ2v) is 7.74. The molecule has 1 fully saturated rings. The van der Waals surface area contributed by atoms with Crippen LogP contribution >= 0.6 is 11.8 Å². The van der Waals surface area contributed by atoms with Gasteiger partial charge in [0.25, 0.3) is 11.1 Å². The Labute approximate surface area is 159 Å². The van der Waals surface area contributed by atoms with Crippen LogP contribution in [0.2, 0.25) is 0 Å². The minimum atomic E-state index is -0.180. The minimum Gasteiger partial charge on any atom is -0.268 e. The van der Waals surface area contributed by atoms with E-state index in [1.165, 1.54) is 16.0 Å². The van der Waals surface area contributed by atoms with E-state index < -0.39 is 0 Å². The molecule has 1 aliphatic heterocycles. The Morgan fingerprint density at radius 1 is 1.00 bits per heavy atom. The van der Waals surface area contributed by atoms with Gasteiger partial charge >= 0.3 is 0 Å². The lowest BCUT2D eigenvalue weighted by atomic mass is 10.0. The number of carbonyl (C=O) groups excluding carboxylic acids is 2. The number of carbonyl (C=O) groups is 2. The van der Waals surface area contributed by atoms with Gasteiger partial charge in [0.05, 0.1) is 4.91 Å². The highest BCUT2D eigenvalue weighted by atomic mass is 32.2. The van der Waals surface area contributed by atoms with Gasteiger partial charge in [0.1, 0.15) is 0 Å². The van der Waals surface area contributed by atoms with Crippen LogP contribution in [0.4, 0.5) is 4.79 Å². The van der Waals surface area contributed by atoms with Crippen LogP contribution in [0.15, 0.2) is 59.5 Å². The summed E-state index contributed by atoms with van der Waals surface area (Å²) >= 11 is 1.03. The largest absolute Gasteiger partial charge is 0.293 e. The molecule has 0 saturated carbocycles. The van der Waals surface area contributed by atoms with Crippen LogP contribution in [0, 0.1) is 0 Å². The number of thioether (sulfide) groups is 1. The first-order valence-corrected chi connectivity index (χ1v) is 9.75. The number of hydrogen-bond donors (Lipinski definition) is 0. The van der Waals surface area contributed by atoms with Crippen LogP contribution in [-0.2, 0) is 11.2 Å². The minimum absolute atomic E-state index is 0.173. The van der Waals surface area contributed by atoms with Crippen LogP contribution in [0.3, 0.4) is 0 Å². The van der Waals surface area contributed by atoms with Crippen molar-refractivity contribution in [3.8, 4) is 0 Å². The van der Waals surface area contributed by atoms with Crippen molar-refractivity contribution in [2.75, 3.05) is 6.54 Å². The Morgan fingerprint density at radius 3 is 2.35 bits per heavy atom. The Bertz CT molecular complexity index is 810. The number of rotatable bonds is 6. The Hall–Kier alpha value is -2.33. The third-order valence-electron chi connectivity index (χ3n) is 4.46. The van der Waals surface area contributed by atoms with Crippen molar-refractivity contribution in [3.05, 3.63) is 76.2 Å². The van der Waals surface area contributed by atoms with Gasteiger partial charge in [-0.2, -0.15) is 0 Å². The number of hydrogen-bond acceptors (Lipinski definition) is 3. The van der Waals surface area contributed by atoms with Crippen molar-refractivity contribution in [1.82, 2.24) is 4.90 Å². The summed E-state index contributed by atoms with van der Waals surface area (Å²) in [4.78, 5) is 26.6. The number of benzene rings is 2. The lowest BCUT2D eigenvalue weighted by Crippen LogP contribution is -2.29. The van der Waals surface area contributed by atoms with Gasteiger partial charge in [-0.1, -0.05) is 68.4 Å². The smallest absolute Gasteiger partial charge is 0.268 e. The van der Waals surface area contributed by atoms with Crippen molar-refractivity contribution in [2.24, 2.45) is 0 Å². The predicted molar refractivity (Wildman–Crippen MR) is 108 cm³/mol. The van der Waals surface area contributed by atoms with Gasteiger partial charge in [-0.3, -0.25) is 14.5 Å². The summed E-state index contributed by atoms with van der Waals surface area (Å²) in [5.41, 5.74) is 3.43. The average molecular weight is 365 g/mol. The number of amides is 2. The van der Waals surface area contributed by atoms with E-state index in [0.29, 0.717) is 17.4 Å². The third-order valence-corrected chi connectivity index (χ3v) is 5.37. The molecule has 0 bridgehead atoms. The lowest BCUT2D eigenvalue weighted by molar-refractivity contribution is -0.122. The van der Waals surface area contributed by atoms with Gasteiger partial charge in [0.2, 0.25) is 0 Å². The zero-order chi connectivity index (χ0) is 18.5. The van der Waals surface area contributed by atoms with Crippen molar-refractivity contribution < 1.29 is 9.59 Å². The zero-order valence-corrected chi connectivity index (χ0v) is 16.0. The standard InChI is InChI=1S/C22H23NO2S/c1-16(2)19-12-10-18(11-13-19)15-20-21(24)23(22(25)26-20)14-6-9-17-7-4-3-5-8-17/h3-5,7-8,10-13,15-16H,6,9,14H2,1-2H3/b20-15+. The summed E-state index contributed by atoms with van der Waals surface area (Å²) < 4.78 is 0. The Balaban J connectivity index is 1.62. The second-order valence-electron chi connectivity index (χ2n) is 6.74. The van der Waals surface area contributed by atoms with Crippen molar-refractivity contribution >= 4 is 29.0 Å². The molecule has 0 aliphatic carbocycles. The number of aryl methyl sites for hydroxylation is 1. The van der Waals surface area contributed by atoms with E-state index in [1.807, 2.05) is 36.4 Å². The SMILES string of the molecule is CC(C)c1ccc(/C=C2/SC(=O)N(CCCc3ccccc3)C2=O)cc1. The highest BCUT2D eigenvalue weighted by Gasteiger charge is 2.34. The molecular weight excluding hydrogens is 342 g/mol. The van der Waals surface area contributed by atoms with Crippen LogP contribution in [0.25, 0.3) is 6.08 Å². The number of nitrogens with zero attached hydrogens (tertiary/aromatic N) is 1. The summed E-state index contributed by atoms with van der Waals surface area (Å²) in [6.45, 7) is 4.76. The van der Waals surface area contributed by atoms with E-state index in [9.17, 15) is 9.59 Å². The second kappa shape index (κ2) is 8.37. The van der Waals surface area contributed by atoms with Gasteiger partial charge in [-0.15, -0.1) is 0 Å². The zero-order valence-electron chi connectivity index (χ0n) is 15.1. The summed E-state index contributed by atoms with van der Waals surface area (Å²) in [7, 11) is 0. The van der Waals surface area contributed by atoms with E-state index in [2.05, 4.69) is 38.1 Å². The maximum atomic E-state index is 12.6. The van der Waals surface area contributed by atoms with Gasteiger partial charge in [-0.05, 0) is 53.3 Å². The average Bonchev–Trinajstić information content (AvgIpc) is 2.90. The van der Waals surface area contributed by atoms with Gasteiger partial charge in [0.15, 0.2) is 0 Å². The van der Waals surface area contributed by atoms with E-state index in [4.69, 9.17) is 0 Å². The molecule has 0 unspecified atom stereocenters. The predicted octanol–water partition coefficient (Wildman–Crippen LogP) is 5.48. The van der Waals surface area contributed by atoms with Crippen molar-refractivity contribution in [1.29, 1.82) is 0 Å². The molecular formula is C22H23NO2S. The first kappa shape index (κ1) is 18.5. The maximum absolute atomic E-state index is 12.6. The van der Waals surface area contributed by atoms with Crippen molar-refractivity contribution in [3.63, 3.8) is 0 Å².